The minimum absolute atomic E-state index is 0.0760. The molecule has 0 bridgehead atoms. The van der Waals surface area contributed by atoms with Crippen LogP contribution in [-0.2, 0) is 4.79 Å². The van der Waals surface area contributed by atoms with Gasteiger partial charge in [-0.3, -0.25) is 4.79 Å². The fraction of sp³-hybridized carbons (Fsp3) is 0.857. The van der Waals surface area contributed by atoms with E-state index in [-0.39, 0.29) is 5.78 Å². The maximum absolute atomic E-state index is 11.6. The molecule has 0 fully saturated rings. The van der Waals surface area contributed by atoms with Gasteiger partial charge in [0, 0.05) is 6.42 Å². The van der Waals surface area contributed by atoms with Gasteiger partial charge >= 0.3 is 0 Å². The Bertz CT molecular complexity index is 271. The zero-order valence-corrected chi connectivity index (χ0v) is 14.4. The van der Waals surface area contributed by atoms with Gasteiger partial charge in [-0.2, -0.15) is 5.26 Å². The van der Waals surface area contributed by atoms with Crippen LogP contribution in [0.15, 0.2) is 0 Å². The van der Waals surface area contributed by atoms with Crippen LogP contribution in [0, 0.1) is 11.3 Å². The predicted octanol–water partition coefficient (Wildman–Crippen LogP) is 5.49. The Labute approximate surface area is 128 Å². The Hall–Kier alpha value is 0.120. The first-order valence-electron chi connectivity index (χ1n) is 6.87. The van der Waals surface area contributed by atoms with Gasteiger partial charge in [0.05, 0.1) is 0 Å². The smallest absolute Gasteiger partial charge is 0.223 e. The average molecular weight is 381 g/mol. The molecule has 18 heavy (non-hydrogen) atoms. The lowest BCUT2D eigenvalue weighted by Gasteiger charge is -2.09. The van der Waals surface area contributed by atoms with Crippen molar-refractivity contribution in [1.82, 2.24) is 0 Å². The molecular weight excluding hydrogens is 358 g/mol. The van der Waals surface area contributed by atoms with Crippen molar-refractivity contribution in [3.8, 4) is 6.07 Å². The normalized spacial score (nSPS) is 11.2. The monoisotopic (exact) mass is 379 g/mol. The van der Waals surface area contributed by atoms with Crippen molar-refractivity contribution >= 4 is 37.6 Å². The molecule has 0 aliphatic heterocycles. The first-order chi connectivity index (χ1) is 8.54. The molecular formula is C14H23Br2NO. The van der Waals surface area contributed by atoms with Crippen molar-refractivity contribution < 1.29 is 4.79 Å². The van der Waals surface area contributed by atoms with Crippen molar-refractivity contribution in [3.63, 3.8) is 0 Å². The molecule has 0 aliphatic rings. The third-order valence-electron chi connectivity index (χ3n) is 3.00. The average Bonchev–Trinajstić information content (AvgIpc) is 2.36. The van der Waals surface area contributed by atoms with Crippen LogP contribution < -0.4 is 0 Å². The molecule has 2 nitrogen and oxygen atoms in total. The quantitative estimate of drug-likeness (QED) is 0.351. The second-order valence-electron chi connectivity index (χ2n) is 4.69. The highest BCUT2D eigenvalue weighted by Crippen LogP contribution is 2.28. The van der Waals surface area contributed by atoms with Gasteiger partial charge in [0.1, 0.15) is 6.07 Å². The standard InChI is InChI=1S/C14H23Br2NO/c1-2-3-4-5-6-7-8-9-10-11-13(18)14(15,16)12-17/h2-11H2,1H3. The van der Waals surface area contributed by atoms with E-state index in [0.717, 1.165) is 12.8 Å². The van der Waals surface area contributed by atoms with E-state index in [4.69, 9.17) is 5.26 Å². The summed E-state index contributed by atoms with van der Waals surface area (Å²) in [6, 6.07) is 1.91. The van der Waals surface area contributed by atoms with Crippen LogP contribution in [0.1, 0.15) is 71.1 Å². The van der Waals surface area contributed by atoms with Crippen molar-refractivity contribution in [2.24, 2.45) is 0 Å². The number of carbonyl (C=O) groups excluding carboxylic acids is 1. The van der Waals surface area contributed by atoms with E-state index >= 15 is 0 Å². The molecule has 104 valence electrons. The molecule has 0 amide bonds. The van der Waals surface area contributed by atoms with E-state index in [2.05, 4.69) is 38.8 Å². The highest BCUT2D eigenvalue weighted by atomic mass is 79.9. The third kappa shape index (κ3) is 9.10. The molecule has 0 aromatic heterocycles. The maximum Gasteiger partial charge on any atom is 0.223 e. The van der Waals surface area contributed by atoms with Crippen LogP contribution in [0.4, 0.5) is 0 Å². The minimum Gasteiger partial charge on any atom is -0.296 e. The van der Waals surface area contributed by atoms with E-state index in [0.29, 0.717) is 6.42 Å². The van der Waals surface area contributed by atoms with Crippen LogP contribution in [0.2, 0.25) is 0 Å². The number of hydrogen-bond donors (Lipinski definition) is 0. The number of Topliss-reactive ketones (excluding diaryl/α,β-unsaturated/α-hetero) is 1. The summed E-state index contributed by atoms with van der Waals surface area (Å²) in [5, 5.41) is 8.74. The summed E-state index contributed by atoms with van der Waals surface area (Å²) in [6.07, 6.45) is 11.6. The zero-order valence-electron chi connectivity index (χ0n) is 11.2. The van der Waals surface area contributed by atoms with Gasteiger partial charge in [0.2, 0.25) is 3.23 Å². The van der Waals surface area contributed by atoms with Crippen molar-refractivity contribution in [1.29, 1.82) is 5.26 Å². The molecule has 0 atom stereocenters. The molecule has 0 unspecified atom stereocenters. The number of carbonyl (C=O) groups is 1. The number of nitriles is 1. The Morgan fingerprint density at radius 2 is 1.44 bits per heavy atom. The van der Waals surface area contributed by atoms with Crippen molar-refractivity contribution in [3.05, 3.63) is 0 Å². The summed E-state index contributed by atoms with van der Waals surface area (Å²) < 4.78 is -1.17. The topological polar surface area (TPSA) is 40.9 Å². The second-order valence-corrected chi connectivity index (χ2v) is 8.13. The molecule has 0 rings (SSSR count). The van der Waals surface area contributed by atoms with E-state index < -0.39 is 3.23 Å². The van der Waals surface area contributed by atoms with Crippen molar-refractivity contribution in [2.75, 3.05) is 0 Å². The molecule has 0 aliphatic carbocycles. The largest absolute Gasteiger partial charge is 0.296 e. The summed E-state index contributed by atoms with van der Waals surface area (Å²) >= 11 is 6.14. The van der Waals surface area contributed by atoms with Gasteiger partial charge in [0.15, 0.2) is 5.78 Å². The lowest BCUT2D eigenvalue weighted by molar-refractivity contribution is -0.118. The van der Waals surface area contributed by atoms with Gasteiger partial charge in [-0.15, -0.1) is 0 Å². The molecule has 0 heterocycles. The molecule has 0 aromatic carbocycles. The number of rotatable bonds is 11. The molecule has 0 spiro atoms. The Kier molecular flexibility index (Phi) is 11.1. The zero-order chi connectivity index (χ0) is 13.9. The second kappa shape index (κ2) is 11.0. The number of hydrogen-bond acceptors (Lipinski definition) is 2. The summed E-state index contributed by atoms with van der Waals surface area (Å²) in [6.45, 7) is 2.23. The van der Waals surface area contributed by atoms with Crippen molar-refractivity contribution in [2.45, 2.75) is 74.4 Å². The van der Waals surface area contributed by atoms with Gasteiger partial charge < -0.3 is 0 Å². The molecule has 0 radical (unpaired) electrons. The van der Waals surface area contributed by atoms with E-state index in [1.54, 1.807) is 0 Å². The first-order valence-corrected chi connectivity index (χ1v) is 8.45. The first kappa shape index (κ1) is 18.1. The summed E-state index contributed by atoms with van der Waals surface area (Å²) in [4.78, 5) is 11.6. The number of nitrogens with zero attached hydrogens (tertiary/aromatic N) is 1. The number of ketones is 1. The molecule has 0 aromatic rings. The van der Waals surface area contributed by atoms with Gasteiger partial charge in [0.25, 0.3) is 0 Å². The SMILES string of the molecule is CCCCCCCCCCCC(=O)C(Br)(Br)C#N. The maximum atomic E-state index is 11.6. The van der Waals surface area contributed by atoms with E-state index in [1.165, 1.54) is 44.9 Å². The lowest BCUT2D eigenvalue weighted by atomic mass is 10.0. The fourth-order valence-electron chi connectivity index (χ4n) is 1.82. The summed E-state index contributed by atoms with van der Waals surface area (Å²) in [5.41, 5.74) is 0. The Balaban J connectivity index is 3.36. The summed E-state index contributed by atoms with van der Waals surface area (Å²) in [7, 11) is 0. The van der Waals surface area contributed by atoms with Crippen LogP contribution in [0.5, 0.6) is 0 Å². The van der Waals surface area contributed by atoms with Crippen LogP contribution in [0.3, 0.4) is 0 Å². The summed E-state index contributed by atoms with van der Waals surface area (Å²) in [5.74, 6) is -0.0760. The predicted molar refractivity (Wildman–Crippen MR) is 83.0 cm³/mol. The highest BCUT2D eigenvalue weighted by molar-refractivity contribution is 9.26. The minimum atomic E-state index is -1.17. The van der Waals surface area contributed by atoms with Crippen LogP contribution in [0.25, 0.3) is 0 Å². The molecule has 4 heteroatoms. The molecule has 0 saturated carbocycles. The Morgan fingerprint density at radius 1 is 1.00 bits per heavy atom. The van der Waals surface area contributed by atoms with E-state index in [9.17, 15) is 4.79 Å². The van der Waals surface area contributed by atoms with Gasteiger partial charge in [-0.25, -0.2) is 0 Å². The number of alkyl halides is 2. The van der Waals surface area contributed by atoms with Gasteiger partial charge in [-0.05, 0) is 38.3 Å². The molecule has 0 N–H and O–H groups in total. The number of halogens is 2. The highest BCUT2D eigenvalue weighted by Gasteiger charge is 2.30. The Morgan fingerprint density at radius 3 is 1.89 bits per heavy atom. The third-order valence-corrected chi connectivity index (χ3v) is 4.24. The number of unbranched alkanes of at least 4 members (excludes halogenated alkanes) is 8. The lowest BCUT2D eigenvalue weighted by Crippen LogP contribution is -2.22. The molecule has 0 saturated heterocycles. The fourth-order valence-corrected chi connectivity index (χ4v) is 2.21. The van der Waals surface area contributed by atoms with Gasteiger partial charge in [-0.1, -0.05) is 58.3 Å². The van der Waals surface area contributed by atoms with Crippen LogP contribution in [-0.4, -0.2) is 9.02 Å². The van der Waals surface area contributed by atoms with Crippen LogP contribution >= 0.6 is 31.9 Å². The van der Waals surface area contributed by atoms with E-state index in [1.807, 2.05) is 6.07 Å².